The van der Waals surface area contributed by atoms with Gasteiger partial charge in [0, 0.05) is 6.61 Å². The van der Waals surface area contributed by atoms with Crippen molar-refractivity contribution in [2.45, 2.75) is 19.4 Å². The van der Waals surface area contributed by atoms with Crippen LogP contribution in [0.1, 0.15) is 19.4 Å². The molecular weight excluding hydrogens is 234 g/mol. The number of ether oxygens (including phenoxy) is 1. The Bertz CT molecular complexity index is 503. The molecule has 0 aromatic heterocycles. The van der Waals surface area contributed by atoms with Gasteiger partial charge in [0.05, 0.1) is 12.1 Å². The van der Waals surface area contributed by atoms with Gasteiger partial charge in [-0.05, 0) is 30.5 Å². The SMILES string of the molecule is CCOCC(C)(N)c1ccc(-c2ccccc2)cc1. The van der Waals surface area contributed by atoms with E-state index in [1.54, 1.807) is 0 Å². The smallest absolute Gasteiger partial charge is 0.0685 e. The van der Waals surface area contributed by atoms with Crippen molar-refractivity contribution in [2.75, 3.05) is 13.2 Å². The second-order valence-corrected chi connectivity index (χ2v) is 5.00. The second-order valence-electron chi connectivity index (χ2n) is 5.00. The fraction of sp³-hybridized carbons (Fsp3) is 0.294. The van der Waals surface area contributed by atoms with Gasteiger partial charge < -0.3 is 10.5 Å². The first-order valence-electron chi connectivity index (χ1n) is 6.66. The lowest BCUT2D eigenvalue weighted by atomic mass is 9.92. The van der Waals surface area contributed by atoms with E-state index < -0.39 is 5.54 Å². The summed E-state index contributed by atoms with van der Waals surface area (Å²) in [5.74, 6) is 0. The predicted molar refractivity (Wildman–Crippen MR) is 79.9 cm³/mol. The normalized spacial score (nSPS) is 14.1. The average Bonchev–Trinajstić information content (AvgIpc) is 2.46. The van der Waals surface area contributed by atoms with Crippen molar-refractivity contribution in [1.82, 2.24) is 0 Å². The molecule has 2 aromatic carbocycles. The molecule has 2 heteroatoms. The predicted octanol–water partition coefficient (Wildman–Crippen LogP) is 3.56. The van der Waals surface area contributed by atoms with Crippen LogP contribution in [0.3, 0.4) is 0 Å². The molecule has 0 aliphatic heterocycles. The number of hydrogen-bond donors (Lipinski definition) is 1. The summed E-state index contributed by atoms with van der Waals surface area (Å²) in [7, 11) is 0. The number of benzene rings is 2. The van der Waals surface area contributed by atoms with Crippen LogP contribution in [0.4, 0.5) is 0 Å². The fourth-order valence-electron chi connectivity index (χ4n) is 2.07. The minimum Gasteiger partial charge on any atom is -0.379 e. The highest BCUT2D eigenvalue weighted by Gasteiger charge is 2.21. The summed E-state index contributed by atoms with van der Waals surface area (Å²) in [5, 5.41) is 0. The van der Waals surface area contributed by atoms with Crippen molar-refractivity contribution in [3.05, 3.63) is 60.2 Å². The maximum atomic E-state index is 6.29. The lowest BCUT2D eigenvalue weighted by Crippen LogP contribution is -2.38. The molecule has 2 N–H and O–H groups in total. The highest BCUT2D eigenvalue weighted by Crippen LogP contribution is 2.23. The molecule has 0 amide bonds. The van der Waals surface area contributed by atoms with Crippen LogP contribution in [0, 0.1) is 0 Å². The van der Waals surface area contributed by atoms with E-state index in [1.165, 1.54) is 11.1 Å². The standard InChI is InChI=1S/C17H21NO/c1-3-19-13-17(2,18)16-11-9-15(10-12-16)14-7-5-4-6-8-14/h4-12H,3,13,18H2,1-2H3. The third-order valence-electron chi connectivity index (χ3n) is 3.26. The van der Waals surface area contributed by atoms with Crippen LogP contribution >= 0.6 is 0 Å². The summed E-state index contributed by atoms with van der Waals surface area (Å²) in [6, 6.07) is 18.7. The summed E-state index contributed by atoms with van der Waals surface area (Å²) in [6.07, 6.45) is 0. The van der Waals surface area contributed by atoms with E-state index in [1.807, 2.05) is 32.0 Å². The fourth-order valence-corrected chi connectivity index (χ4v) is 2.07. The molecule has 100 valence electrons. The summed E-state index contributed by atoms with van der Waals surface area (Å²) in [5.41, 5.74) is 9.37. The summed E-state index contributed by atoms with van der Waals surface area (Å²) >= 11 is 0. The van der Waals surface area contributed by atoms with E-state index in [9.17, 15) is 0 Å². The highest BCUT2D eigenvalue weighted by atomic mass is 16.5. The van der Waals surface area contributed by atoms with Crippen molar-refractivity contribution >= 4 is 0 Å². The zero-order valence-electron chi connectivity index (χ0n) is 11.6. The number of nitrogens with two attached hydrogens (primary N) is 1. The van der Waals surface area contributed by atoms with Crippen LogP contribution < -0.4 is 5.73 Å². The quantitative estimate of drug-likeness (QED) is 0.886. The van der Waals surface area contributed by atoms with E-state index in [0.29, 0.717) is 13.2 Å². The molecule has 0 aliphatic rings. The Morgan fingerprint density at radius 3 is 2.11 bits per heavy atom. The van der Waals surface area contributed by atoms with Gasteiger partial charge in [-0.2, -0.15) is 0 Å². The molecule has 2 nitrogen and oxygen atoms in total. The molecule has 0 radical (unpaired) electrons. The zero-order chi connectivity index (χ0) is 13.7. The Kier molecular flexibility index (Phi) is 4.35. The molecule has 0 aliphatic carbocycles. The van der Waals surface area contributed by atoms with E-state index in [-0.39, 0.29) is 0 Å². The van der Waals surface area contributed by atoms with E-state index in [2.05, 4.69) is 36.4 Å². The zero-order valence-corrected chi connectivity index (χ0v) is 11.6. The lowest BCUT2D eigenvalue weighted by Gasteiger charge is -2.25. The van der Waals surface area contributed by atoms with Gasteiger partial charge >= 0.3 is 0 Å². The van der Waals surface area contributed by atoms with Gasteiger partial charge in [0.1, 0.15) is 0 Å². The molecule has 0 saturated heterocycles. The molecule has 1 unspecified atom stereocenters. The van der Waals surface area contributed by atoms with Crippen LogP contribution in [0.15, 0.2) is 54.6 Å². The molecule has 2 rings (SSSR count). The van der Waals surface area contributed by atoms with Crippen LogP contribution in [0.5, 0.6) is 0 Å². The van der Waals surface area contributed by atoms with Gasteiger partial charge in [-0.1, -0.05) is 54.6 Å². The first-order chi connectivity index (χ1) is 9.13. The number of hydrogen-bond acceptors (Lipinski definition) is 2. The Labute approximate surface area is 115 Å². The molecule has 0 bridgehead atoms. The molecule has 0 saturated carbocycles. The van der Waals surface area contributed by atoms with Crippen LogP contribution in [-0.2, 0) is 10.3 Å². The van der Waals surface area contributed by atoms with Crippen LogP contribution in [0.2, 0.25) is 0 Å². The summed E-state index contributed by atoms with van der Waals surface area (Å²) in [6.45, 7) is 5.21. The van der Waals surface area contributed by atoms with Gasteiger partial charge in [-0.15, -0.1) is 0 Å². The topological polar surface area (TPSA) is 35.2 Å². The van der Waals surface area contributed by atoms with E-state index in [0.717, 1.165) is 5.56 Å². The Hall–Kier alpha value is -1.64. The van der Waals surface area contributed by atoms with Crippen molar-refractivity contribution in [2.24, 2.45) is 5.73 Å². The van der Waals surface area contributed by atoms with Crippen LogP contribution in [0.25, 0.3) is 11.1 Å². The largest absolute Gasteiger partial charge is 0.379 e. The highest BCUT2D eigenvalue weighted by molar-refractivity contribution is 5.63. The average molecular weight is 255 g/mol. The minimum atomic E-state index is -0.439. The first-order valence-corrected chi connectivity index (χ1v) is 6.66. The second kappa shape index (κ2) is 6.00. The minimum absolute atomic E-state index is 0.439. The van der Waals surface area contributed by atoms with Gasteiger partial charge in [0.2, 0.25) is 0 Å². The van der Waals surface area contributed by atoms with Gasteiger partial charge in [0.25, 0.3) is 0 Å². The van der Waals surface area contributed by atoms with Gasteiger partial charge in [-0.25, -0.2) is 0 Å². The molecule has 1 atom stereocenters. The van der Waals surface area contributed by atoms with Gasteiger partial charge in [-0.3, -0.25) is 0 Å². The summed E-state index contributed by atoms with van der Waals surface area (Å²) < 4.78 is 5.44. The number of rotatable bonds is 5. The Morgan fingerprint density at radius 1 is 0.947 bits per heavy atom. The maximum Gasteiger partial charge on any atom is 0.0685 e. The maximum absolute atomic E-state index is 6.29. The Morgan fingerprint density at radius 2 is 1.53 bits per heavy atom. The van der Waals surface area contributed by atoms with Crippen molar-refractivity contribution in [3.63, 3.8) is 0 Å². The van der Waals surface area contributed by atoms with Crippen molar-refractivity contribution in [1.29, 1.82) is 0 Å². The van der Waals surface area contributed by atoms with E-state index >= 15 is 0 Å². The molecule has 19 heavy (non-hydrogen) atoms. The third-order valence-corrected chi connectivity index (χ3v) is 3.26. The lowest BCUT2D eigenvalue weighted by molar-refractivity contribution is 0.101. The third kappa shape index (κ3) is 3.43. The summed E-state index contributed by atoms with van der Waals surface area (Å²) in [4.78, 5) is 0. The molecule has 0 heterocycles. The van der Waals surface area contributed by atoms with Crippen molar-refractivity contribution in [3.8, 4) is 11.1 Å². The molecule has 2 aromatic rings. The first kappa shape index (κ1) is 13.8. The Balaban J connectivity index is 2.19. The monoisotopic (exact) mass is 255 g/mol. The van der Waals surface area contributed by atoms with Crippen molar-refractivity contribution < 1.29 is 4.74 Å². The van der Waals surface area contributed by atoms with Gasteiger partial charge in [0.15, 0.2) is 0 Å². The molecule has 0 fully saturated rings. The molecule has 0 spiro atoms. The van der Waals surface area contributed by atoms with E-state index in [4.69, 9.17) is 10.5 Å². The van der Waals surface area contributed by atoms with Crippen LogP contribution in [-0.4, -0.2) is 13.2 Å². The molecular formula is C17H21NO.